The Labute approximate surface area is 176 Å². The fourth-order valence-corrected chi connectivity index (χ4v) is 6.31. The number of aromatic nitrogens is 2. The van der Waals surface area contributed by atoms with Crippen LogP contribution in [0.25, 0.3) is 0 Å². The van der Waals surface area contributed by atoms with Crippen LogP contribution >= 0.6 is 0 Å². The summed E-state index contributed by atoms with van der Waals surface area (Å²) in [5.41, 5.74) is 5.10. The van der Waals surface area contributed by atoms with Crippen molar-refractivity contribution in [2.24, 2.45) is 22.9 Å². The van der Waals surface area contributed by atoms with Crippen molar-refractivity contribution in [3.8, 4) is 11.5 Å². The number of hydrazone groups is 1. The molecule has 2 N–H and O–H groups in total. The van der Waals surface area contributed by atoms with Crippen LogP contribution in [0.4, 0.5) is 0 Å². The van der Waals surface area contributed by atoms with Crippen LogP contribution < -0.4 is 14.9 Å². The molecule has 1 amide bonds. The van der Waals surface area contributed by atoms with E-state index >= 15 is 0 Å². The third-order valence-electron chi connectivity index (χ3n) is 7.21. The van der Waals surface area contributed by atoms with Gasteiger partial charge >= 0.3 is 0 Å². The normalized spacial score (nSPS) is 29.3. The van der Waals surface area contributed by atoms with Crippen molar-refractivity contribution >= 4 is 12.1 Å². The molecule has 0 aliphatic heterocycles. The Morgan fingerprint density at radius 2 is 1.77 bits per heavy atom. The van der Waals surface area contributed by atoms with Gasteiger partial charge in [-0.2, -0.15) is 10.2 Å². The van der Waals surface area contributed by atoms with Crippen molar-refractivity contribution in [2.45, 2.75) is 43.9 Å². The molecule has 7 nitrogen and oxygen atoms in total. The van der Waals surface area contributed by atoms with E-state index in [-0.39, 0.29) is 11.3 Å². The summed E-state index contributed by atoms with van der Waals surface area (Å²) in [4.78, 5) is 12.5. The molecule has 0 saturated heterocycles. The number of nitrogens with one attached hydrogen (secondary N) is 2. The zero-order valence-electron chi connectivity index (χ0n) is 17.5. The number of carbonyl (C=O) groups excluding carboxylic acids is 1. The number of rotatable bonds is 6. The summed E-state index contributed by atoms with van der Waals surface area (Å²) in [6, 6.07) is 7.38. The molecular weight excluding hydrogens is 380 g/mol. The predicted octanol–water partition coefficient (Wildman–Crippen LogP) is 3.66. The van der Waals surface area contributed by atoms with Crippen molar-refractivity contribution < 1.29 is 14.3 Å². The smallest absolute Gasteiger partial charge is 0.291 e. The SMILES string of the molecule is COc1ccc(/C=N\NC(=O)c2cc(C34CC5CC(CC(C5)C3)C4)[nH]n2)cc1OC. The summed E-state index contributed by atoms with van der Waals surface area (Å²) in [5.74, 6) is 3.50. The monoisotopic (exact) mass is 408 g/mol. The fraction of sp³-hybridized carbons (Fsp3) is 0.522. The molecule has 4 bridgehead atoms. The van der Waals surface area contributed by atoms with Gasteiger partial charge in [0.1, 0.15) is 0 Å². The Morgan fingerprint density at radius 3 is 2.40 bits per heavy atom. The number of amides is 1. The van der Waals surface area contributed by atoms with Crippen LogP contribution in [0.1, 0.15) is 60.3 Å². The van der Waals surface area contributed by atoms with Crippen LogP contribution in [0.15, 0.2) is 29.4 Å². The van der Waals surface area contributed by atoms with Crippen molar-refractivity contribution in [3.63, 3.8) is 0 Å². The number of ether oxygens (including phenoxy) is 2. The minimum Gasteiger partial charge on any atom is -0.493 e. The van der Waals surface area contributed by atoms with Gasteiger partial charge < -0.3 is 9.47 Å². The van der Waals surface area contributed by atoms with E-state index in [1.54, 1.807) is 32.6 Å². The van der Waals surface area contributed by atoms with Gasteiger partial charge in [-0.05, 0) is 86.1 Å². The minimum atomic E-state index is -0.307. The van der Waals surface area contributed by atoms with Crippen molar-refractivity contribution in [1.82, 2.24) is 15.6 Å². The molecule has 1 heterocycles. The van der Waals surface area contributed by atoms with Gasteiger partial charge in [0.25, 0.3) is 5.91 Å². The van der Waals surface area contributed by atoms with Crippen molar-refractivity contribution in [3.05, 3.63) is 41.2 Å². The number of H-pyrrole nitrogens is 1. The Balaban J connectivity index is 1.26. The lowest BCUT2D eigenvalue weighted by Crippen LogP contribution is -2.48. The molecule has 0 radical (unpaired) electrons. The number of carbonyl (C=O) groups is 1. The maximum atomic E-state index is 12.5. The Kier molecular flexibility index (Phi) is 4.76. The van der Waals surface area contributed by atoms with Gasteiger partial charge in [0, 0.05) is 11.1 Å². The van der Waals surface area contributed by atoms with Crippen molar-refractivity contribution in [2.75, 3.05) is 14.2 Å². The number of hydrogen-bond acceptors (Lipinski definition) is 5. The highest BCUT2D eigenvalue weighted by Gasteiger charge is 2.52. The molecule has 158 valence electrons. The topological polar surface area (TPSA) is 88.6 Å². The first-order chi connectivity index (χ1) is 14.6. The van der Waals surface area contributed by atoms with Gasteiger partial charge in [-0.15, -0.1) is 0 Å². The van der Waals surface area contributed by atoms with E-state index in [1.165, 1.54) is 38.5 Å². The Bertz CT molecular complexity index is 945. The molecule has 0 spiro atoms. The van der Waals surface area contributed by atoms with Crippen LogP contribution in [0.5, 0.6) is 11.5 Å². The summed E-state index contributed by atoms with van der Waals surface area (Å²) in [6.07, 6.45) is 9.47. The van der Waals surface area contributed by atoms with Crippen LogP contribution in [-0.4, -0.2) is 36.5 Å². The molecule has 30 heavy (non-hydrogen) atoms. The van der Waals surface area contributed by atoms with Gasteiger partial charge in [-0.25, -0.2) is 5.43 Å². The molecule has 1 aromatic carbocycles. The summed E-state index contributed by atoms with van der Waals surface area (Å²) >= 11 is 0. The number of aromatic amines is 1. The molecule has 0 atom stereocenters. The van der Waals surface area contributed by atoms with Crippen LogP contribution in [0.2, 0.25) is 0 Å². The molecule has 1 aromatic heterocycles. The first-order valence-electron chi connectivity index (χ1n) is 10.7. The number of methoxy groups -OCH3 is 2. The molecule has 4 fully saturated rings. The van der Waals surface area contributed by atoms with E-state index < -0.39 is 0 Å². The van der Waals surface area contributed by atoms with E-state index in [0.29, 0.717) is 17.2 Å². The van der Waals surface area contributed by atoms with Gasteiger partial charge in [-0.1, -0.05) is 0 Å². The lowest BCUT2D eigenvalue weighted by molar-refractivity contribution is -0.00721. The molecule has 0 unspecified atom stereocenters. The number of hydrogen-bond donors (Lipinski definition) is 2. The van der Waals surface area contributed by atoms with Crippen LogP contribution in [0, 0.1) is 17.8 Å². The van der Waals surface area contributed by atoms with Gasteiger partial charge in [0.05, 0.1) is 20.4 Å². The standard InChI is InChI=1S/C23H28N4O3/c1-29-19-4-3-14(8-20(19)30-2)13-24-27-22(28)18-9-21(26-25-18)23-10-15-5-16(11-23)7-17(6-15)12-23/h3-4,8-9,13,15-17H,5-7,10-12H2,1-2H3,(H,25,26)(H,27,28)/b24-13-. The molecule has 4 saturated carbocycles. The Morgan fingerprint density at radius 1 is 1.10 bits per heavy atom. The zero-order chi connectivity index (χ0) is 20.7. The molecule has 7 heteroatoms. The highest BCUT2D eigenvalue weighted by Crippen LogP contribution is 2.60. The maximum absolute atomic E-state index is 12.5. The van der Waals surface area contributed by atoms with Crippen molar-refractivity contribution in [1.29, 1.82) is 0 Å². The molecule has 2 aromatic rings. The quantitative estimate of drug-likeness (QED) is 0.564. The highest BCUT2D eigenvalue weighted by molar-refractivity contribution is 5.93. The molecule has 6 rings (SSSR count). The summed E-state index contributed by atoms with van der Waals surface area (Å²) in [7, 11) is 3.17. The maximum Gasteiger partial charge on any atom is 0.291 e. The fourth-order valence-electron chi connectivity index (χ4n) is 6.31. The zero-order valence-corrected chi connectivity index (χ0v) is 17.5. The molecular formula is C23H28N4O3. The van der Waals surface area contributed by atoms with E-state index in [1.807, 2.05) is 12.1 Å². The number of nitrogens with zero attached hydrogens (tertiary/aromatic N) is 2. The van der Waals surface area contributed by atoms with Gasteiger partial charge in [0.15, 0.2) is 17.2 Å². The van der Waals surface area contributed by atoms with E-state index in [9.17, 15) is 4.79 Å². The lowest BCUT2D eigenvalue weighted by atomic mass is 9.49. The highest BCUT2D eigenvalue weighted by atomic mass is 16.5. The third kappa shape index (κ3) is 3.36. The second-order valence-corrected chi connectivity index (χ2v) is 9.18. The lowest BCUT2D eigenvalue weighted by Gasteiger charge is -2.56. The average molecular weight is 409 g/mol. The predicted molar refractivity (Wildman–Crippen MR) is 113 cm³/mol. The number of benzene rings is 1. The third-order valence-corrected chi connectivity index (χ3v) is 7.21. The largest absolute Gasteiger partial charge is 0.493 e. The molecule has 4 aliphatic carbocycles. The van der Waals surface area contributed by atoms with E-state index in [4.69, 9.17) is 9.47 Å². The Hall–Kier alpha value is -2.83. The first-order valence-corrected chi connectivity index (χ1v) is 10.7. The first kappa shape index (κ1) is 19.2. The average Bonchev–Trinajstić information content (AvgIpc) is 3.24. The summed E-state index contributed by atoms with van der Waals surface area (Å²) in [6.45, 7) is 0. The summed E-state index contributed by atoms with van der Waals surface area (Å²) in [5, 5.41) is 11.6. The van der Waals surface area contributed by atoms with Crippen LogP contribution in [-0.2, 0) is 5.41 Å². The van der Waals surface area contributed by atoms with Gasteiger partial charge in [0.2, 0.25) is 0 Å². The van der Waals surface area contributed by atoms with E-state index in [2.05, 4.69) is 20.7 Å². The molecule has 4 aliphatic rings. The summed E-state index contributed by atoms with van der Waals surface area (Å²) < 4.78 is 10.5. The second kappa shape index (κ2) is 7.45. The minimum absolute atomic E-state index is 0.198. The van der Waals surface area contributed by atoms with Gasteiger partial charge in [-0.3, -0.25) is 9.89 Å². The van der Waals surface area contributed by atoms with Crippen LogP contribution in [0.3, 0.4) is 0 Å². The van der Waals surface area contributed by atoms with E-state index in [0.717, 1.165) is 29.0 Å². The second-order valence-electron chi connectivity index (χ2n) is 9.18.